The van der Waals surface area contributed by atoms with Crippen molar-refractivity contribution in [1.82, 2.24) is 9.78 Å². The molecule has 1 amide bonds. The Hall–Kier alpha value is -3.99. The van der Waals surface area contributed by atoms with Gasteiger partial charge in [-0.15, -0.1) is 0 Å². The van der Waals surface area contributed by atoms with Crippen LogP contribution in [0.2, 0.25) is 0 Å². The summed E-state index contributed by atoms with van der Waals surface area (Å²) in [6.45, 7) is 1.82. The number of hydrogen-bond acceptors (Lipinski definition) is 6. The average molecular weight is 404 g/mol. The molecule has 30 heavy (non-hydrogen) atoms. The Labute approximate surface area is 172 Å². The molecule has 2 aromatic carbocycles. The highest BCUT2D eigenvalue weighted by Gasteiger charge is 2.19. The molecule has 1 heterocycles. The number of fused-ring (bicyclic) bond motifs is 1. The van der Waals surface area contributed by atoms with E-state index in [0.717, 1.165) is 12.8 Å². The topological polar surface area (TPSA) is 114 Å². The van der Waals surface area contributed by atoms with Crippen molar-refractivity contribution in [3.8, 4) is 6.07 Å². The number of ether oxygens (including phenoxy) is 1. The minimum Gasteiger partial charge on any atom is -0.451 e. The van der Waals surface area contributed by atoms with Crippen molar-refractivity contribution >= 4 is 28.3 Å². The molecule has 0 radical (unpaired) electrons. The molecule has 0 aliphatic heterocycles. The van der Waals surface area contributed by atoms with Crippen LogP contribution in [0.4, 0.5) is 5.69 Å². The summed E-state index contributed by atoms with van der Waals surface area (Å²) in [6, 6.07) is 15.1. The van der Waals surface area contributed by atoms with Crippen molar-refractivity contribution in [3.63, 3.8) is 0 Å². The van der Waals surface area contributed by atoms with E-state index in [1.807, 2.05) is 13.0 Å². The van der Waals surface area contributed by atoms with Crippen LogP contribution in [0.25, 0.3) is 10.8 Å². The van der Waals surface area contributed by atoms with Gasteiger partial charge in [0.1, 0.15) is 6.07 Å². The number of esters is 1. The lowest BCUT2D eigenvalue weighted by Gasteiger charge is -2.11. The van der Waals surface area contributed by atoms with Crippen LogP contribution < -0.4 is 10.9 Å². The minimum atomic E-state index is -0.805. The maximum absolute atomic E-state index is 12.6. The van der Waals surface area contributed by atoms with Crippen LogP contribution in [-0.4, -0.2) is 28.3 Å². The van der Waals surface area contributed by atoms with E-state index in [0.29, 0.717) is 28.6 Å². The third-order valence-electron chi connectivity index (χ3n) is 4.44. The molecule has 0 aliphatic rings. The fourth-order valence-corrected chi connectivity index (χ4v) is 2.92. The highest BCUT2D eigenvalue weighted by molar-refractivity contribution is 6.03. The lowest BCUT2D eigenvalue weighted by atomic mass is 10.1. The van der Waals surface area contributed by atoms with E-state index in [-0.39, 0.29) is 11.3 Å². The Morgan fingerprint density at radius 3 is 2.57 bits per heavy atom. The molecule has 0 atom stereocenters. The van der Waals surface area contributed by atoms with Gasteiger partial charge in [-0.1, -0.05) is 43.7 Å². The van der Waals surface area contributed by atoms with Crippen molar-refractivity contribution in [1.29, 1.82) is 5.26 Å². The van der Waals surface area contributed by atoms with Crippen LogP contribution in [0.15, 0.2) is 53.3 Å². The quantitative estimate of drug-likeness (QED) is 0.606. The molecule has 0 unspecified atom stereocenters. The second kappa shape index (κ2) is 9.47. The number of nitrogens with one attached hydrogen (secondary N) is 1. The van der Waals surface area contributed by atoms with Crippen LogP contribution in [0.5, 0.6) is 0 Å². The lowest BCUT2D eigenvalue weighted by Crippen LogP contribution is -2.28. The van der Waals surface area contributed by atoms with E-state index in [1.54, 1.807) is 48.5 Å². The maximum atomic E-state index is 12.6. The Morgan fingerprint density at radius 1 is 1.13 bits per heavy atom. The molecule has 1 N–H and O–H groups in total. The first-order chi connectivity index (χ1) is 14.5. The smallest absolute Gasteiger partial charge is 0.359 e. The first-order valence-corrected chi connectivity index (χ1v) is 9.51. The first kappa shape index (κ1) is 20.7. The number of aromatic nitrogens is 2. The number of unbranched alkanes of at least 4 members (excludes halogenated alkanes) is 1. The summed E-state index contributed by atoms with van der Waals surface area (Å²) in [6.07, 6.45) is 1.60. The maximum Gasteiger partial charge on any atom is 0.359 e. The molecular formula is C22H20N4O4. The van der Waals surface area contributed by atoms with Gasteiger partial charge in [0.2, 0.25) is 0 Å². The number of rotatable bonds is 7. The van der Waals surface area contributed by atoms with Gasteiger partial charge in [0.25, 0.3) is 11.5 Å². The summed E-state index contributed by atoms with van der Waals surface area (Å²) in [5, 5.41) is 16.5. The lowest BCUT2D eigenvalue weighted by molar-refractivity contribution is -0.119. The normalized spacial score (nSPS) is 10.4. The predicted octanol–water partition coefficient (Wildman–Crippen LogP) is 2.86. The van der Waals surface area contributed by atoms with Gasteiger partial charge in [-0.25, -0.2) is 9.48 Å². The number of hydrogen-bond donors (Lipinski definition) is 1. The van der Waals surface area contributed by atoms with Crippen LogP contribution in [0.1, 0.15) is 35.8 Å². The van der Waals surface area contributed by atoms with Crippen LogP contribution in [-0.2, 0) is 16.1 Å². The number of anilines is 1. The summed E-state index contributed by atoms with van der Waals surface area (Å²) in [5.41, 5.74) is 0.332. The zero-order valence-electron chi connectivity index (χ0n) is 16.4. The summed E-state index contributed by atoms with van der Waals surface area (Å²) in [5.74, 6) is -1.39. The number of nitrogens with zero attached hydrogens (tertiary/aromatic N) is 3. The number of para-hydroxylation sites is 1. The van der Waals surface area contributed by atoms with Crippen molar-refractivity contribution < 1.29 is 14.3 Å². The molecule has 0 aliphatic carbocycles. The minimum absolute atomic E-state index is 0.0217. The predicted molar refractivity (Wildman–Crippen MR) is 111 cm³/mol. The number of carbonyl (C=O) groups is 2. The number of carbonyl (C=O) groups excluding carboxylic acids is 2. The van der Waals surface area contributed by atoms with Gasteiger partial charge < -0.3 is 10.1 Å². The standard InChI is InChI=1S/C22H20N4O4/c1-2-3-12-26-21(28)17-10-6-5-9-16(17)20(25-26)22(29)30-14-19(27)24-18-11-7-4-8-15(18)13-23/h4-11H,2-3,12,14H2,1H3,(H,24,27). The molecule has 3 rings (SSSR count). The van der Waals surface area contributed by atoms with E-state index in [9.17, 15) is 14.4 Å². The average Bonchev–Trinajstić information content (AvgIpc) is 2.77. The van der Waals surface area contributed by atoms with Gasteiger partial charge in [0.05, 0.1) is 16.6 Å². The second-order valence-corrected chi connectivity index (χ2v) is 6.56. The van der Waals surface area contributed by atoms with Crippen LogP contribution in [0, 0.1) is 11.3 Å². The SMILES string of the molecule is CCCCn1nc(C(=O)OCC(=O)Nc2ccccc2C#N)c2ccccc2c1=O. The van der Waals surface area contributed by atoms with Gasteiger partial charge in [-0.05, 0) is 24.6 Å². The van der Waals surface area contributed by atoms with Crippen molar-refractivity contribution in [2.45, 2.75) is 26.3 Å². The number of aryl methyl sites for hydroxylation is 1. The molecule has 0 fully saturated rings. The summed E-state index contributed by atoms with van der Waals surface area (Å²) in [4.78, 5) is 37.4. The summed E-state index contributed by atoms with van der Waals surface area (Å²) < 4.78 is 6.39. The molecular weight excluding hydrogens is 384 g/mol. The zero-order valence-corrected chi connectivity index (χ0v) is 16.4. The molecule has 152 valence electrons. The van der Waals surface area contributed by atoms with E-state index < -0.39 is 18.5 Å². The fourth-order valence-electron chi connectivity index (χ4n) is 2.92. The molecule has 0 saturated carbocycles. The van der Waals surface area contributed by atoms with Crippen molar-refractivity contribution in [2.75, 3.05) is 11.9 Å². The molecule has 0 spiro atoms. The zero-order chi connectivity index (χ0) is 21.5. The van der Waals surface area contributed by atoms with E-state index in [1.165, 1.54) is 4.68 Å². The van der Waals surface area contributed by atoms with Gasteiger partial charge >= 0.3 is 5.97 Å². The van der Waals surface area contributed by atoms with Crippen molar-refractivity contribution in [3.05, 3.63) is 70.1 Å². The Balaban J connectivity index is 1.79. The number of benzene rings is 2. The molecule has 0 saturated heterocycles. The van der Waals surface area contributed by atoms with Gasteiger partial charge in [-0.2, -0.15) is 10.4 Å². The molecule has 8 heteroatoms. The second-order valence-electron chi connectivity index (χ2n) is 6.56. The highest BCUT2D eigenvalue weighted by atomic mass is 16.5. The number of nitriles is 1. The van der Waals surface area contributed by atoms with Crippen LogP contribution >= 0.6 is 0 Å². The molecule has 8 nitrogen and oxygen atoms in total. The molecule has 3 aromatic rings. The van der Waals surface area contributed by atoms with Crippen LogP contribution in [0.3, 0.4) is 0 Å². The Kier molecular flexibility index (Phi) is 6.55. The fraction of sp³-hybridized carbons (Fsp3) is 0.227. The Bertz CT molecular complexity index is 1190. The molecule has 0 bridgehead atoms. The highest BCUT2D eigenvalue weighted by Crippen LogP contribution is 2.15. The monoisotopic (exact) mass is 404 g/mol. The van der Waals surface area contributed by atoms with E-state index in [2.05, 4.69) is 10.4 Å². The van der Waals surface area contributed by atoms with Gasteiger partial charge in [0.15, 0.2) is 12.3 Å². The van der Waals surface area contributed by atoms with E-state index in [4.69, 9.17) is 10.00 Å². The van der Waals surface area contributed by atoms with Gasteiger partial charge in [-0.3, -0.25) is 9.59 Å². The molecule has 1 aromatic heterocycles. The third kappa shape index (κ3) is 4.52. The first-order valence-electron chi connectivity index (χ1n) is 9.51. The number of amides is 1. The summed E-state index contributed by atoms with van der Waals surface area (Å²) >= 11 is 0. The van der Waals surface area contributed by atoms with E-state index >= 15 is 0 Å². The third-order valence-corrected chi connectivity index (χ3v) is 4.44. The largest absolute Gasteiger partial charge is 0.451 e. The van der Waals surface area contributed by atoms with Gasteiger partial charge in [0, 0.05) is 11.9 Å². The van der Waals surface area contributed by atoms with Crippen molar-refractivity contribution in [2.24, 2.45) is 0 Å². The Morgan fingerprint density at radius 2 is 1.83 bits per heavy atom. The summed E-state index contributed by atoms with van der Waals surface area (Å²) in [7, 11) is 0.